The maximum atomic E-state index is 13.3. The molecule has 5 rings (SSSR count). The third kappa shape index (κ3) is 3.21. The van der Waals surface area contributed by atoms with Crippen LogP contribution in [0.25, 0.3) is 27.6 Å². The molecule has 146 valence electrons. The van der Waals surface area contributed by atoms with Crippen LogP contribution >= 0.6 is 35.6 Å². The number of halogens is 1. The second kappa shape index (κ2) is 7.55. The number of carbonyl (C=O) groups is 1. The molecule has 4 aromatic carbocycles. The maximum absolute atomic E-state index is 13.3. The summed E-state index contributed by atoms with van der Waals surface area (Å²) in [4.78, 5) is 15.5. The Morgan fingerprint density at radius 1 is 0.933 bits per heavy atom. The molecule has 1 amide bonds. The summed E-state index contributed by atoms with van der Waals surface area (Å²) in [5, 5.41) is 5.12. The largest absolute Gasteiger partial charge is 0.270 e. The fraction of sp³-hybridized carbons (Fsp3) is 0.0400. The van der Waals surface area contributed by atoms with Crippen LogP contribution in [-0.4, -0.2) is 10.2 Å². The van der Waals surface area contributed by atoms with E-state index >= 15 is 0 Å². The summed E-state index contributed by atoms with van der Waals surface area (Å²) in [5.74, 6) is -0.123. The topological polar surface area (TPSA) is 20.3 Å². The predicted octanol–water partition coefficient (Wildman–Crippen LogP) is 7.36. The summed E-state index contributed by atoms with van der Waals surface area (Å²) in [6.07, 6.45) is 1.97. The van der Waals surface area contributed by atoms with Crippen LogP contribution in [-0.2, 0) is 4.79 Å². The zero-order chi connectivity index (χ0) is 20.8. The molecule has 0 spiro atoms. The molecule has 1 saturated heterocycles. The van der Waals surface area contributed by atoms with Gasteiger partial charge < -0.3 is 0 Å². The minimum absolute atomic E-state index is 0.123. The van der Waals surface area contributed by atoms with E-state index < -0.39 is 0 Å². The monoisotopic (exact) mass is 445 g/mol. The number of hydrogen-bond donors (Lipinski definition) is 0. The van der Waals surface area contributed by atoms with E-state index in [4.69, 9.17) is 23.8 Å². The number of benzene rings is 4. The first-order valence-electron chi connectivity index (χ1n) is 9.47. The van der Waals surface area contributed by atoms with Gasteiger partial charge in [-0.25, -0.2) is 0 Å². The molecule has 30 heavy (non-hydrogen) atoms. The minimum atomic E-state index is -0.123. The number of rotatable bonds is 2. The molecule has 0 aliphatic carbocycles. The Hall–Kier alpha value is -2.66. The van der Waals surface area contributed by atoms with Crippen molar-refractivity contribution in [3.8, 4) is 0 Å². The van der Waals surface area contributed by atoms with Crippen molar-refractivity contribution in [2.75, 3.05) is 4.90 Å². The molecular weight excluding hydrogens is 430 g/mol. The van der Waals surface area contributed by atoms with E-state index in [2.05, 4.69) is 30.3 Å². The molecule has 0 atom stereocenters. The van der Waals surface area contributed by atoms with Crippen molar-refractivity contribution in [2.45, 2.75) is 6.92 Å². The van der Waals surface area contributed by atoms with Crippen LogP contribution in [0, 0.1) is 6.92 Å². The highest BCUT2D eigenvalue weighted by molar-refractivity contribution is 8.27. The number of hydrogen-bond acceptors (Lipinski definition) is 3. The van der Waals surface area contributed by atoms with Crippen LogP contribution in [0.2, 0.25) is 5.02 Å². The Kier molecular flexibility index (Phi) is 4.86. The summed E-state index contributed by atoms with van der Waals surface area (Å²) < 4.78 is 0.510. The molecule has 1 aliphatic heterocycles. The Morgan fingerprint density at radius 3 is 2.20 bits per heavy atom. The van der Waals surface area contributed by atoms with E-state index in [1.807, 2.05) is 49.4 Å². The minimum Gasteiger partial charge on any atom is -0.268 e. The van der Waals surface area contributed by atoms with Crippen molar-refractivity contribution in [1.29, 1.82) is 0 Å². The van der Waals surface area contributed by atoms with E-state index in [1.54, 1.807) is 11.0 Å². The lowest BCUT2D eigenvalue weighted by Crippen LogP contribution is -2.27. The highest BCUT2D eigenvalue weighted by Gasteiger charge is 2.33. The molecule has 0 aromatic heterocycles. The number of carbonyl (C=O) groups excluding carboxylic acids is 1. The standard InChI is InChI=1S/C25H16ClNOS2/c1-15-10-11-18(13-22(15)26)27-24(28)23(30-25(27)29)14-21-19-8-4-2-6-16(19)12-17-7-3-5-9-20(17)21/h2-14H,1H3/b23-14-. The second-order valence-electron chi connectivity index (χ2n) is 7.18. The fourth-order valence-corrected chi connectivity index (χ4v) is 5.20. The SMILES string of the molecule is Cc1ccc(N2C(=O)/C(=C/c3c4ccccc4cc4ccccc34)SC2=S)cc1Cl. The number of thiocarbonyl (C=S) groups is 1. The number of nitrogens with zero attached hydrogens (tertiary/aromatic N) is 1. The Balaban J connectivity index is 1.66. The van der Waals surface area contributed by atoms with Gasteiger partial charge >= 0.3 is 0 Å². The third-order valence-corrected chi connectivity index (χ3v) is 7.01. The fourth-order valence-electron chi connectivity index (χ4n) is 3.75. The van der Waals surface area contributed by atoms with Crippen LogP contribution in [0.5, 0.6) is 0 Å². The Labute approximate surface area is 189 Å². The van der Waals surface area contributed by atoms with Crippen molar-refractivity contribution in [3.05, 3.63) is 93.9 Å². The lowest BCUT2D eigenvalue weighted by Gasteiger charge is -2.15. The Morgan fingerprint density at radius 2 is 1.57 bits per heavy atom. The third-order valence-electron chi connectivity index (χ3n) is 5.30. The van der Waals surface area contributed by atoms with Crippen molar-refractivity contribution in [2.24, 2.45) is 0 Å². The van der Waals surface area contributed by atoms with Gasteiger partial charge in [-0.15, -0.1) is 0 Å². The molecule has 1 aliphatic rings. The van der Waals surface area contributed by atoms with Gasteiger partial charge in [0, 0.05) is 5.02 Å². The van der Waals surface area contributed by atoms with Gasteiger partial charge in [0.1, 0.15) is 0 Å². The molecule has 2 nitrogen and oxygen atoms in total. The smallest absolute Gasteiger partial charge is 0.268 e. The zero-order valence-corrected chi connectivity index (χ0v) is 18.4. The molecule has 0 saturated carbocycles. The zero-order valence-electron chi connectivity index (χ0n) is 16.1. The average Bonchev–Trinajstić information content (AvgIpc) is 3.03. The van der Waals surface area contributed by atoms with Gasteiger partial charge in [0.25, 0.3) is 5.91 Å². The van der Waals surface area contributed by atoms with Crippen LogP contribution in [0.15, 0.2) is 77.7 Å². The normalized spacial score (nSPS) is 15.7. The number of thioether (sulfide) groups is 1. The number of fused-ring (bicyclic) bond motifs is 2. The molecule has 0 N–H and O–H groups in total. The second-order valence-corrected chi connectivity index (χ2v) is 9.27. The van der Waals surface area contributed by atoms with Gasteiger partial charge in [0.15, 0.2) is 4.32 Å². The average molecular weight is 446 g/mol. The Bertz CT molecular complexity index is 1340. The number of anilines is 1. The summed E-state index contributed by atoms with van der Waals surface area (Å²) in [5.41, 5.74) is 2.69. The van der Waals surface area contributed by atoms with Crippen LogP contribution < -0.4 is 4.90 Å². The molecule has 1 heterocycles. The van der Waals surface area contributed by atoms with Gasteiger partial charge in [-0.05, 0) is 63.9 Å². The lowest BCUT2D eigenvalue weighted by atomic mass is 9.96. The summed E-state index contributed by atoms with van der Waals surface area (Å²) in [7, 11) is 0. The molecular formula is C25H16ClNOS2. The maximum Gasteiger partial charge on any atom is 0.270 e. The van der Waals surface area contributed by atoms with E-state index in [9.17, 15) is 4.79 Å². The van der Waals surface area contributed by atoms with Crippen LogP contribution in [0.4, 0.5) is 5.69 Å². The van der Waals surface area contributed by atoms with Crippen LogP contribution in [0.1, 0.15) is 11.1 Å². The summed E-state index contributed by atoms with van der Waals surface area (Å²) in [6, 6.07) is 24.2. The van der Waals surface area contributed by atoms with Gasteiger partial charge in [-0.3, -0.25) is 9.69 Å². The molecule has 0 radical (unpaired) electrons. The highest BCUT2D eigenvalue weighted by Crippen LogP contribution is 2.39. The van der Waals surface area contributed by atoms with Gasteiger partial charge in [-0.1, -0.05) is 90.2 Å². The van der Waals surface area contributed by atoms with E-state index in [1.165, 1.54) is 11.8 Å². The predicted molar refractivity (Wildman–Crippen MR) is 133 cm³/mol. The molecule has 1 fully saturated rings. The molecule has 5 heteroatoms. The number of amides is 1. The summed E-state index contributed by atoms with van der Waals surface area (Å²) >= 11 is 13.2. The summed E-state index contributed by atoms with van der Waals surface area (Å²) in [6.45, 7) is 1.93. The van der Waals surface area contributed by atoms with E-state index in [0.29, 0.717) is 19.9 Å². The van der Waals surface area contributed by atoms with Gasteiger partial charge in [-0.2, -0.15) is 0 Å². The van der Waals surface area contributed by atoms with Gasteiger partial charge in [0.05, 0.1) is 10.6 Å². The molecule has 0 unspecified atom stereocenters. The van der Waals surface area contributed by atoms with Crippen molar-refractivity contribution < 1.29 is 4.79 Å². The molecule has 0 bridgehead atoms. The quantitative estimate of drug-likeness (QED) is 0.182. The van der Waals surface area contributed by atoms with Crippen molar-refractivity contribution >= 4 is 79.1 Å². The molecule has 4 aromatic rings. The van der Waals surface area contributed by atoms with Gasteiger partial charge in [0.2, 0.25) is 0 Å². The van der Waals surface area contributed by atoms with E-state index in [-0.39, 0.29) is 5.91 Å². The van der Waals surface area contributed by atoms with Crippen LogP contribution in [0.3, 0.4) is 0 Å². The lowest BCUT2D eigenvalue weighted by molar-refractivity contribution is -0.113. The highest BCUT2D eigenvalue weighted by atomic mass is 35.5. The first kappa shape index (κ1) is 19.3. The van der Waals surface area contributed by atoms with Crippen molar-refractivity contribution in [3.63, 3.8) is 0 Å². The first-order valence-corrected chi connectivity index (χ1v) is 11.1. The number of aryl methyl sites for hydroxylation is 1. The van der Waals surface area contributed by atoms with Crippen molar-refractivity contribution in [1.82, 2.24) is 0 Å². The first-order chi connectivity index (χ1) is 14.5. The van der Waals surface area contributed by atoms with E-state index in [0.717, 1.165) is 32.7 Å².